The van der Waals surface area contributed by atoms with Crippen molar-refractivity contribution >= 4 is 29.2 Å². The minimum atomic E-state index is -0.802. The number of carbonyl (C=O) groups is 3. The van der Waals surface area contributed by atoms with Gasteiger partial charge in [-0.2, -0.15) is 0 Å². The highest BCUT2D eigenvalue weighted by Gasteiger charge is 2.41. The van der Waals surface area contributed by atoms with Gasteiger partial charge in [0.2, 0.25) is 11.8 Å². The summed E-state index contributed by atoms with van der Waals surface area (Å²) in [7, 11) is 0. The summed E-state index contributed by atoms with van der Waals surface area (Å²) < 4.78 is 0. The number of likely N-dealkylation sites (tertiary alicyclic amines) is 1. The van der Waals surface area contributed by atoms with Crippen molar-refractivity contribution < 1.29 is 14.4 Å². The Kier molecular flexibility index (Phi) is 7.41. The first-order valence-corrected chi connectivity index (χ1v) is 12.0. The number of hydrogen-bond donors (Lipinski definition) is 3. The molecule has 0 unspecified atom stereocenters. The molecule has 0 radical (unpaired) electrons. The van der Waals surface area contributed by atoms with Crippen molar-refractivity contribution in [1.29, 1.82) is 0 Å². The number of nitrogens with one attached hydrogen (secondary N) is 2. The fourth-order valence-corrected chi connectivity index (χ4v) is 4.97. The topological polar surface area (TPSA) is 117 Å². The number of amides is 4. The minimum Gasteiger partial charge on any atom is -0.352 e. The smallest absolute Gasteiger partial charge is 0.312 e. The molecule has 178 valence electrons. The second kappa shape index (κ2) is 9.91. The molecule has 1 fully saturated rings. The van der Waals surface area contributed by atoms with Gasteiger partial charge in [-0.25, -0.2) is 9.78 Å². The highest BCUT2D eigenvalue weighted by molar-refractivity contribution is 7.13. The highest BCUT2D eigenvalue weighted by atomic mass is 32.1. The SMILES string of the molecule is Cc1ncsc1-c1ccc([C@H](C)NC(=O)[C@@H]2CCCN2C(=O)[C@@H](NC(N)=O)C(C)(C)C)cc1. The molecule has 3 atom stereocenters. The van der Waals surface area contributed by atoms with E-state index in [0.29, 0.717) is 13.0 Å². The summed E-state index contributed by atoms with van der Waals surface area (Å²) in [6.45, 7) is 9.96. The van der Waals surface area contributed by atoms with Gasteiger partial charge in [0, 0.05) is 6.54 Å². The van der Waals surface area contributed by atoms with Crippen molar-refractivity contribution in [2.75, 3.05) is 6.54 Å². The van der Waals surface area contributed by atoms with Crippen molar-refractivity contribution in [2.45, 2.75) is 65.6 Å². The van der Waals surface area contributed by atoms with Crippen molar-refractivity contribution in [3.8, 4) is 10.4 Å². The number of benzene rings is 1. The average molecular weight is 472 g/mol. The van der Waals surface area contributed by atoms with E-state index >= 15 is 0 Å². The number of urea groups is 1. The minimum absolute atomic E-state index is 0.192. The number of hydrogen-bond acceptors (Lipinski definition) is 5. The molecule has 0 saturated carbocycles. The third kappa shape index (κ3) is 5.71. The molecule has 2 aromatic rings. The van der Waals surface area contributed by atoms with Gasteiger partial charge in [0.05, 0.1) is 22.1 Å². The number of thiazole rings is 1. The van der Waals surface area contributed by atoms with Gasteiger partial charge in [-0.15, -0.1) is 11.3 Å². The van der Waals surface area contributed by atoms with Crippen LogP contribution in [0.15, 0.2) is 29.8 Å². The lowest BCUT2D eigenvalue weighted by Crippen LogP contribution is -2.58. The summed E-state index contributed by atoms with van der Waals surface area (Å²) >= 11 is 1.60. The first kappa shape index (κ1) is 24.7. The van der Waals surface area contributed by atoms with E-state index in [1.807, 2.05) is 64.4 Å². The maximum Gasteiger partial charge on any atom is 0.312 e. The quantitative estimate of drug-likeness (QED) is 0.599. The number of aryl methyl sites for hydroxylation is 1. The molecular formula is C24H33N5O3S. The van der Waals surface area contributed by atoms with Crippen LogP contribution in [0.25, 0.3) is 10.4 Å². The fraction of sp³-hybridized carbons (Fsp3) is 0.500. The average Bonchev–Trinajstić information content (AvgIpc) is 3.40. The van der Waals surface area contributed by atoms with Crippen LogP contribution in [-0.4, -0.2) is 46.4 Å². The van der Waals surface area contributed by atoms with Crippen LogP contribution < -0.4 is 16.4 Å². The van der Waals surface area contributed by atoms with Crippen LogP contribution in [0.3, 0.4) is 0 Å². The summed E-state index contributed by atoms with van der Waals surface area (Å²) in [6.07, 6.45) is 1.32. The maximum atomic E-state index is 13.2. The number of primary amides is 1. The zero-order chi connectivity index (χ0) is 24.3. The zero-order valence-corrected chi connectivity index (χ0v) is 20.7. The normalized spacial score (nSPS) is 18.0. The summed E-state index contributed by atoms with van der Waals surface area (Å²) in [5.74, 6) is -0.474. The molecule has 1 saturated heterocycles. The molecule has 8 nitrogen and oxygen atoms in total. The first-order valence-electron chi connectivity index (χ1n) is 11.2. The van der Waals surface area contributed by atoms with Crippen molar-refractivity contribution in [3.05, 3.63) is 41.0 Å². The highest BCUT2D eigenvalue weighted by Crippen LogP contribution is 2.29. The van der Waals surface area contributed by atoms with E-state index in [1.165, 1.54) is 0 Å². The van der Waals surface area contributed by atoms with E-state index < -0.39 is 23.5 Å². The lowest BCUT2D eigenvalue weighted by Gasteiger charge is -2.35. The monoisotopic (exact) mass is 471 g/mol. The standard InChI is InChI=1S/C24H33N5O3S/c1-14(16-8-10-17(11-9-16)19-15(2)26-13-33-19)27-21(30)18-7-6-12-29(18)22(31)20(24(3,4)5)28-23(25)32/h8-11,13-14,18,20H,6-7,12H2,1-5H3,(H,27,30)(H3,25,28,32)/t14-,18-,20+/m0/s1. The summed E-state index contributed by atoms with van der Waals surface area (Å²) in [5.41, 5.74) is 9.67. The Morgan fingerprint density at radius 2 is 1.85 bits per heavy atom. The van der Waals surface area contributed by atoms with E-state index in [1.54, 1.807) is 16.2 Å². The molecule has 0 spiro atoms. The Hall–Kier alpha value is -2.94. The Morgan fingerprint density at radius 3 is 2.39 bits per heavy atom. The van der Waals surface area contributed by atoms with E-state index in [4.69, 9.17) is 5.73 Å². The second-order valence-electron chi connectivity index (χ2n) is 9.62. The molecule has 9 heteroatoms. The molecule has 4 amide bonds. The summed E-state index contributed by atoms with van der Waals surface area (Å²) in [5, 5.41) is 5.61. The number of nitrogens with two attached hydrogens (primary N) is 1. The Morgan fingerprint density at radius 1 is 1.18 bits per heavy atom. The molecule has 1 aromatic carbocycles. The predicted octanol–water partition coefficient (Wildman–Crippen LogP) is 3.37. The van der Waals surface area contributed by atoms with Gasteiger partial charge in [0.1, 0.15) is 12.1 Å². The van der Waals surface area contributed by atoms with Crippen LogP contribution in [0.5, 0.6) is 0 Å². The van der Waals surface area contributed by atoms with Gasteiger partial charge >= 0.3 is 6.03 Å². The molecular weight excluding hydrogens is 438 g/mol. The van der Waals surface area contributed by atoms with Gasteiger partial charge in [-0.05, 0) is 43.2 Å². The molecule has 1 aliphatic rings. The van der Waals surface area contributed by atoms with Gasteiger partial charge < -0.3 is 21.3 Å². The molecule has 33 heavy (non-hydrogen) atoms. The zero-order valence-electron chi connectivity index (χ0n) is 19.8. The van der Waals surface area contributed by atoms with E-state index in [0.717, 1.165) is 28.1 Å². The van der Waals surface area contributed by atoms with Gasteiger partial charge in [-0.3, -0.25) is 9.59 Å². The number of nitrogens with zero attached hydrogens (tertiary/aromatic N) is 2. The van der Waals surface area contributed by atoms with E-state index in [-0.39, 0.29) is 17.9 Å². The number of carbonyl (C=O) groups excluding carboxylic acids is 3. The third-order valence-electron chi connectivity index (χ3n) is 6.02. The largest absolute Gasteiger partial charge is 0.352 e. The molecule has 3 rings (SSSR count). The number of aromatic nitrogens is 1. The van der Waals surface area contributed by atoms with E-state index in [2.05, 4.69) is 15.6 Å². The van der Waals surface area contributed by atoms with Crippen LogP contribution >= 0.6 is 11.3 Å². The van der Waals surface area contributed by atoms with E-state index in [9.17, 15) is 14.4 Å². The van der Waals surface area contributed by atoms with Crippen LogP contribution in [0.2, 0.25) is 0 Å². The molecule has 0 bridgehead atoms. The Labute approximate surface area is 199 Å². The van der Waals surface area contributed by atoms with Gasteiger partial charge in [0.15, 0.2) is 0 Å². The van der Waals surface area contributed by atoms with Gasteiger partial charge in [0.25, 0.3) is 0 Å². The molecule has 4 N–H and O–H groups in total. The molecule has 1 aromatic heterocycles. The summed E-state index contributed by atoms with van der Waals surface area (Å²) in [4.78, 5) is 44.8. The van der Waals surface area contributed by atoms with Crippen LogP contribution in [0.4, 0.5) is 4.79 Å². The third-order valence-corrected chi connectivity index (χ3v) is 6.99. The Balaban J connectivity index is 1.69. The van der Waals surface area contributed by atoms with Crippen molar-refractivity contribution in [3.63, 3.8) is 0 Å². The first-order chi connectivity index (χ1) is 15.5. The Bertz CT molecular complexity index is 1010. The van der Waals surface area contributed by atoms with Crippen LogP contribution in [0, 0.1) is 12.3 Å². The lowest BCUT2D eigenvalue weighted by molar-refractivity contribution is -0.142. The maximum absolute atomic E-state index is 13.2. The summed E-state index contributed by atoms with van der Waals surface area (Å²) in [6, 6.07) is 5.73. The predicted molar refractivity (Wildman–Crippen MR) is 130 cm³/mol. The lowest BCUT2D eigenvalue weighted by atomic mass is 9.85. The molecule has 0 aliphatic carbocycles. The molecule has 1 aliphatic heterocycles. The fourth-order valence-electron chi connectivity index (χ4n) is 4.15. The second-order valence-corrected chi connectivity index (χ2v) is 10.5. The number of rotatable bonds is 6. The van der Waals surface area contributed by atoms with Crippen LogP contribution in [0.1, 0.15) is 57.8 Å². The van der Waals surface area contributed by atoms with Crippen molar-refractivity contribution in [2.24, 2.45) is 11.1 Å². The van der Waals surface area contributed by atoms with Crippen molar-refractivity contribution in [1.82, 2.24) is 20.5 Å². The molecule has 2 heterocycles. The van der Waals surface area contributed by atoms with Crippen LogP contribution in [-0.2, 0) is 9.59 Å². The van der Waals surface area contributed by atoms with Gasteiger partial charge in [-0.1, -0.05) is 45.0 Å².